The van der Waals surface area contributed by atoms with Crippen LogP contribution in [-0.2, 0) is 23.8 Å². The van der Waals surface area contributed by atoms with Crippen LogP contribution in [-0.4, -0.2) is 41.6 Å². The number of carbonyl (C=O) groups excluding carboxylic acids is 2. The zero-order chi connectivity index (χ0) is 19.8. The van der Waals surface area contributed by atoms with E-state index in [2.05, 4.69) is 6.58 Å². The van der Waals surface area contributed by atoms with E-state index in [1.165, 1.54) is 0 Å². The first-order chi connectivity index (χ1) is 12.5. The second-order valence-corrected chi connectivity index (χ2v) is 9.72. The number of aliphatic hydroxyl groups excluding tert-OH is 1. The third-order valence-electron chi connectivity index (χ3n) is 7.72. The second-order valence-electron chi connectivity index (χ2n) is 9.72. The van der Waals surface area contributed by atoms with Crippen LogP contribution >= 0.6 is 0 Å². The lowest BCUT2D eigenvalue weighted by Crippen LogP contribution is -2.58. The largest absolute Gasteiger partial charge is 0.457 e. The average molecular weight is 378 g/mol. The highest BCUT2D eigenvalue weighted by Crippen LogP contribution is 2.68. The van der Waals surface area contributed by atoms with Crippen LogP contribution in [0.2, 0.25) is 0 Å². The Bertz CT molecular complexity index is 697. The molecule has 5 aliphatic rings. The second kappa shape index (κ2) is 5.80. The summed E-state index contributed by atoms with van der Waals surface area (Å²) in [5, 5.41) is 9.85. The molecular weight excluding hydrogens is 348 g/mol. The Kier molecular flexibility index (Phi) is 4.07. The predicted octanol–water partition coefficient (Wildman–Crippen LogP) is 2.59. The van der Waals surface area contributed by atoms with E-state index in [1.807, 2.05) is 6.92 Å². The maximum absolute atomic E-state index is 12.5. The van der Waals surface area contributed by atoms with Crippen LogP contribution in [0.25, 0.3) is 0 Å². The van der Waals surface area contributed by atoms with E-state index in [-0.39, 0.29) is 29.3 Å². The van der Waals surface area contributed by atoms with E-state index in [1.54, 1.807) is 20.8 Å². The molecule has 150 valence electrons. The van der Waals surface area contributed by atoms with Crippen molar-refractivity contribution in [2.75, 3.05) is 6.61 Å². The van der Waals surface area contributed by atoms with Crippen LogP contribution in [0, 0.1) is 28.6 Å². The van der Waals surface area contributed by atoms with Gasteiger partial charge in [0.05, 0.1) is 24.0 Å². The van der Waals surface area contributed by atoms with E-state index >= 15 is 0 Å². The zero-order valence-corrected chi connectivity index (χ0v) is 16.6. The normalized spacial score (nSPS) is 44.3. The van der Waals surface area contributed by atoms with Crippen molar-refractivity contribution < 1.29 is 28.9 Å². The molecule has 2 bridgehead atoms. The van der Waals surface area contributed by atoms with Crippen LogP contribution < -0.4 is 0 Å². The number of hydrogen-bond donors (Lipinski definition) is 1. The lowest BCUT2D eigenvalue weighted by atomic mass is 9.44. The van der Waals surface area contributed by atoms with E-state index in [0.717, 1.165) is 18.4 Å². The summed E-state index contributed by atoms with van der Waals surface area (Å²) >= 11 is 0. The molecular formula is C21H30O6. The van der Waals surface area contributed by atoms with Crippen LogP contribution in [0.3, 0.4) is 0 Å². The van der Waals surface area contributed by atoms with Gasteiger partial charge in [0.1, 0.15) is 6.10 Å². The van der Waals surface area contributed by atoms with E-state index in [4.69, 9.17) is 14.2 Å². The summed E-state index contributed by atoms with van der Waals surface area (Å²) in [6.07, 6.45) is 1.97. The zero-order valence-electron chi connectivity index (χ0n) is 16.6. The summed E-state index contributed by atoms with van der Waals surface area (Å²) in [6, 6.07) is 0. The molecule has 7 atom stereocenters. The Balaban J connectivity index is 1.46. The molecule has 0 radical (unpaired) electrons. The summed E-state index contributed by atoms with van der Waals surface area (Å²) < 4.78 is 17.4. The van der Waals surface area contributed by atoms with Crippen molar-refractivity contribution in [3.8, 4) is 0 Å². The highest BCUT2D eigenvalue weighted by Gasteiger charge is 2.69. The molecule has 0 unspecified atom stereocenters. The van der Waals surface area contributed by atoms with Crippen molar-refractivity contribution in [3.05, 3.63) is 12.2 Å². The topological polar surface area (TPSA) is 82.1 Å². The van der Waals surface area contributed by atoms with E-state index < -0.39 is 23.3 Å². The summed E-state index contributed by atoms with van der Waals surface area (Å²) in [5.41, 5.74) is -0.0661. The minimum Gasteiger partial charge on any atom is -0.457 e. The third kappa shape index (κ3) is 2.59. The maximum atomic E-state index is 12.5. The molecule has 2 heterocycles. The molecule has 0 aromatic carbocycles. The summed E-state index contributed by atoms with van der Waals surface area (Å²) in [6.45, 7) is 11.7. The minimum absolute atomic E-state index is 0.0515. The number of esters is 2. The Hall–Kier alpha value is -1.40. The fraction of sp³-hybridized carbons (Fsp3) is 0.810. The van der Waals surface area contributed by atoms with Gasteiger partial charge in [-0.05, 0) is 51.0 Å². The number of carbonyl (C=O) groups is 2. The van der Waals surface area contributed by atoms with Crippen molar-refractivity contribution in [1.29, 1.82) is 0 Å². The first kappa shape index (κ1) is 18.9. The van der Waals surface area contributed by atoms with Gasteiger partial charge in [0.2, 0.25) is 5.79 Å². The van der Waals surface area contributed by atoms with Gasteiger partial charge < -0.3 is 19.3 Å². The molecule has 6 nitrogen and oxygen atoms in total. The van der Waals surface area contributed by atoms with Gasteiger partial charge in [-0.2, -0.15) is 0 Å². The number of aliphatic hydroxyl groups is 1. The van der Waals surface area contributed by atoms with Gasteiger partial charge in [-0.25, -0.2) is 0 Å². The highest BCUT2D eigenvalue weighted by atomic mass is 16.7. The Morgan fingerprint density at radius 1 is 1.41 bits per heavy atom. The van der Waals surface area contributed by atoms with Crippen molar-refractivity contribution in [3.63, 3.8) is 0 Å². The highest BCUT2D eigenvalue weighted by molar-refractivity contribution is 5.77. The smallest absolute Gasteiger partial charge is 0.314 e. The number of fused-ring (bicyclic) bond motifs is 2. The van der Waals surface area contributed by atoms with Crippen molar-refractivity contribution in [1.82, 2.24) is 0 Å². The van der Waals surface area contributed by atoms with Crippen LogP contribution in [0.4, 0.5) is 0 Å². The van der Waals surface area contributed by atoms with E-state index in [9.17, 15) is 14.7 Å². The third-order valence-corrected chi connectivity index (χ3v) is 7.72. The number of ether oxygens (including phenoxy) is 3. The Morgan fingerprint density at radius 3 is 2.67 bits per heavy atom. The average Bonchev–Trinajstić information content (AvgIpc) is 3.10. The fourth-order valence-corrected chi connectivity index (χ4v) is 5.37. The molecule has 27 heavy (non-hydrogen) atoms. The van der Waals surface area contributed by atoms with Gasteiger partial charge in [-0.1, -0.05) is 13.5 Å². The summed E-state index contributed by atoms with van der Waals surface area (Å²) in [5.74, 6) is -0.878. The summed E-state index contributed by atoms with van der Waals surface area (Å²) in [7, 11) is 0. The molecule has 0 amide bonds. The van der Waals surface area contributed by atoms with E-state index in [0.29, 0.717) is 25.4 Å². The molecule has 2 spiro atoms. The molecule has 2 aliphatic heterocycles. The molecule has 0 aromatic rings. The first-order valence-corrected chi connectivity index (χ1v) is 9.95. The van der Waals surface area contributed by atoms with Crippen LogP contribution in [0.5, 0.6) is 0 Å². The molecule has 6 heteroatoms. The van der Waals surface area contributed by atoms with Crippen LogP contribution in [0.15, 0.2) is 12.2 Å². The number of hydrogen-bond acceptors (Lipinski definition) is 6. The van der Waals surface area contributed by atoms with Gasteiger partial charge in [0.25, 0.3) is 0 Å². The van der Waals surface area contributed by atoms with Gasteiger partial charge in [0.15, 0.2) is 0 Å². The summed E-state index contributed by atoms with van der Waals surface area (Å²) in [4.78, 5) is 24.4. The van der Waals surface area contributed by atoms with Gasteiger partial charge in [0, 0.05) is 18.3 Å². The van der Waals surface area contributed by atoms with Crippen molar-refractivity contribution >= 4 is 11.9 Å². The molecule has 2 saturated heterocycles. The van der Waals surface area contributed by atoms with Crippen molar-refractivity contribution in [2.24, 2.45) is 28.6 Å². The Morgan fingerprint density at radius 2 is 2.11 bits per heavy atom. The molecule has 1 N–H and O–H groups in total. The SMILES string of the molecule is C=C1[C@@H](OC(=O)C(C)(C)[C@H](C)O)C[C@H]2C[C@@H]1[C@@]21CO[C@@]2(C[C@@H](C)C(=O)O2)C1. The van der Waals surface area contributed by atoms with Gasteiger partial charge in [-0.15, -0.1) is 0 Å². The van der Waals surface area contributed by atoms with Crippen LogP contribution in [0.1, 0.15) is 53.4 Å². The minimum atomic E-state index is -0.950. The predicted molar refractivity (Wildman–Crippen MR) is 96.3 cm³/mol. The van der Waals surface area contributed by atoms with Gasteiger partial charge in [-0.3, -0.25) is 9.59 Å². The molecule has 0 aromatic heterocycles. The van der Waals surface area contributed by atoms with Crippen molar-refractivity contribution in [2.45, 2.75) is 71.4 Å². The molecule has 3 aliphatic carbocycles. The fourth-order valence-electron chi connectivity index (χ4n) is 5.37. The Labute approximate surface area is 160 Å². The standard InChI is InChI=1S/C21H30O6/c1-11-8-21(27-17(11)23)9-20(10-25-21)14-6-15(20)12(2)16(7-14)26-18(24)19(4,5)13(3)22/h11,13-16,22H,2,6-10H2,1,3-5H3/t11-,13+,14-,15+,16+,20+,21-/m1/s1. The molecule has 5 fully saturated rings. The maximum Gasteiger partial charge on any atom is 0.314 e. The lowest BCUT2D eigenvalue weighted by molar-refractivity contribution is -0.192. The molecule has 3 saturated carbocycles. The quantitative estimate of drug-likeness (QED) is 0.600. The number of rotatable bonds is 3. The monoisotopic (exact) mass is 378 g/mol. The molecule has 5 rings (SSSR count). The lowest BCUT2D eigenvalue weighted by Gasteiger charge is -2.60. The first-order valence-electron chi connectivity index (χ1n) is 9.95. The van der Waals surface area contributed by atoms with Gasteiger partial charge >= 0.3 is 11.9 Å².